The fraction of sp³-hybridized carbons (Fsp3) is 0.238. The van der Waals surface area contributed by atoms with Crippen LogP contribution < -0.4 is 10.9 Å². The van der Waals surface area contributed by atoms with Crippen molar-refractivity contribution in [2.24, 2.45) is 0 Å². The van der Waals surface area contributed by atoms with Crippen molar-refractivity contribution in [3.63, 3.8) is 0 Å². The molecule has 1 N–H and O–H groups in total. The first-order valence-electron chi connectivity index (χ1n) is 9.40. The lowest BCUT2D eigenvalue weighted by Crippen LogP contribution is -2.27. The monoisotopic (exact) mass is 447 g/mol. The minimum atomic E-state index is -2.53. The zero-order valence-electron chi connectivity index (χ0n) is 16.5. The lowest BCUT2D eigenvalue weighted by molar-refractivity contribution is -0.119. The Labute approximate surface area is 180 Å². The van der Waals surface area contributed by atoms with Crippen LogP contribution in [0.5, 0.6) is 0 Å². The molecular weight excluding hydrogens is 428 g/mol. The van der Waals surface area contributed by atoms with Gasteiger partial charge in [-0.1, -0.05) is 36.9 Å². The molecular formula is C21H19F2N3O4S. The molecule has 10 heteroatoms. The van der Waals surface area contributed by atoms with Gasteiger partial charge in [-0.15, -0.1) is 0 Å². The Hall–Kier alpha value is -3.27. The number of anilines is 1. The predicted molar refractivity (Wildman–Crippen MR) is 114 cm³/mol. The smallest absolute Gasteiger partial charge is 0.359 e. The maximum atomic E-state index is 12.6. The van der Waals surface area contributed by atoms with E-state index in [1.165, 1.54) is 28.9 Å². The van der Waals surface area contributed by atoms with Gasteiger partial charge in [0.1, 0.15) is 0 Å². The molecule has 0 fully saturated rings. The SMILES string of the molecule is CCCn1nc(C(=O)OCC(=O)Nc2ccc(SC(F)F)cc2)c2ccccc2c1=O. The number of halogens is 2. The van der Waals surface area contributed by atoms with Crippen LogP contribution >= 0.6 is 11.8 Å². The molecule has 3 rings (SSSR count). The number of benzene rings is 2. The molecule has 31 heavy (non-hydrogen) atoms. The number of aryl methyl sites for hydroxylation is 1. The van der Waals surface area contributed by atoms with Crippen molar-refractivity contribution in [2.45, 2.75) is 30.5 Å². The highest BCUT2D eigenvalue weighted by Gasteiger charge is 2.19. The van der Waals surface area contributed by atoms with Gasteiger partial charge in [0.25, 0.3) is 17.2 Å². The van der Waals surface area contributed by atoms with Gasteiger partial charge >= 0.3 is 5.97 Å². The number of aromatic nitrogens is 2. The fourth-order valence-corrected chi connectivity index (χ4v) is 3.36. The highest BCUT2D eigenvalue weighted by molar-refractivity contribution is 7.99. The third-order valence-corrected chi connectivity index (χ3v) is 4.92. The van der Waals surface area contributed by atoms with Crippen molar-refractivity contribution in [1.82, 2.24) is 9.78 Å². The number of amides is 1. The van der Waals surface area contributed by atoms with Crippen molar-refractivity contribution < 1.29 is 23.1 Å². The number of esters is 1. The number of hydrogen-bond donors (Lipinski definition) is 1. The molecule has 0 spiro atoms. The largest absolute Gasteiger partial charge is 0.451 e. The van der Waals surface area contributed by atoms with Crippen LogP contribution in [0.1, 0.15) is 23.8 Å². The van der Waals surface area contributed by atoms with Crippen LogP contribution in [0, 0.1) is 0 Å². The number of hydrogen-bond acceptors (Lipinski definition) is 6. The number of fused-ring (bicyclic) bond motifs is 1. The first-order valence-corrected chi connectivity index (χ1v) is 10.3. The summed E-state index contributed by atoms with van der Waals surface area (Å²) < 4.78 is 31.0. The van der Waals surface area contributed by atoms with E-state index in [0.29, 0.717) is 46.1 Å². The Morgan fingerprint density at radius 2 is 1.81 bits per heavy atom. The number of ether oxygens (including phenoxy) is 1. The van der Waals surface area contributed by atoms with Crippen LogP contribution in [0.25, 0.3) is 10.8 Å². The molecule has 0 aliphatic heterocycles. The number of nitrogens with zero attached hydrogens (tertiary/aromatic N) is 2. The van der Waals surface area contributed by atoms with E-state index in [4.69, 9.17) is 4.74 Å². The number of rotatable bonds is 8. The molecule has 0 aliphatic rings. The van der Waals surface area contributed by atoms with Crippen molar-refractivity contribution in [2.75, 3.05) is 11.9 Å². The molecule has 7 nitrogen and oxygen atoms in total. The van der Waals surface area contributed by atoms with Gasteiger partial charge in [-0.2, -0.15) is 13.9 Å². The topological polar surface area (TPSA) is 90.3 Å². The number of thioether (sulfide) groups is 1. The van der Waals surface area contributed by atoms with E-state index in [2.05, 4.69) is 10.4 Å². The lowest BCUT2D eigenvalue weighted by atomic mass is 10.1. The van der Waals surface area contributed by atoms with E-state index in [1.807, 2.05) is 6.92 Å². The number of alkyl halides is 2. The maximum absolute atomic E-state index is 12.6. The van der Waals surface area contributed by atoms with Crippen molar-refractivity contribution in [3.05, 3.63) is 64.6 Å². The van der Waals surface area contributed by atoms with Crippen LogP contribution in [0.3, 0.4) is 0 Å². The van der Waals surface area contributed by atoms with E-state index >= 15 is 0 Å². The van der Waals surface area contributed by atoms with Crippen LogP contribution in [-0.4, -0.2) is 34.0 Å². The quantitative estimate of drug-likeness (QED) is 0.416. The molecule has 1 aromatic heterocycles. The van der Waals surface area contributed by atoms with Gasteiger partial charge < -0.3 is 10.1 Å². The summed E-state index contributed by atoms with van der Waals surface area (Å²) >= 11 is 0.398. The highest BCUT2D eigenvalue weighted by atomic mass is 32.2. The minimum Gasteiger partial charge on any atom is -0.451 e. The average molecular weight is 447 g/mol. The second-order valence-corrected chi connectivity index (χ2v) is 7.51. The molecule has 0 aliphatic carbocycles. The summed E-state index contributed by atoms with van der Waals surface area (Å²) in [6.45, 7) is 1.64. The third-order valence-electron chi connectivity index (χ3n) is 4.19. The summed E-state index contributed by atoms with van der Waals surface area (Å²) in [5.74, 6) is -3.97. The minimum absolute atomic E-state index is 0.0511. The van der Waals surface area contributed by atoms with Crippen LogP contribution in [0.15, 0.2) is 58.2 Å². The molecule has 2 aromatic carbocycles. The molecule has 0 saturated carbocycles. The van der Waals surface area contributed by atoms with Gasteiger partial charge in [0.2, 0.25) is 0 Å². The molecule has 0 unspecified atom stereocenters. The van der Waals surface area contributed by atoms with Crippen LogP contribution in [0.2, 0.25) is 0 Å². The van der Waals surface area contributed by atoms with Crippen molar-refractivity contribution >= 4 is 40.1 Å². The van der Waals surface area contributed by atoms with E-state index < -0.39 is 24.2 Å². The van der Waals surface area contributed by atoms with E-state index in [1.54, 1.807) is 24.3 Å². The summed E-state index contributed by atoms with van der Waals surface area (Å²) in [6, 6.07) is 12.4. The predicted octanol–water partition coefficient (Wildman–Crippen LogP) is 3.92. The van der Waals surface area contributed by atoms with Gasteiger partial charge in [-0.05, 0) is 36.8 Å². The van der Waals surface area contributed by atoms with E-state index in [9.17, 15) is 23.2 Å². The standard InChI is InChI=1S/C21H19F2N3O4S/c1-2-11-26-19(28)16-6-4-3-5-15(16)18(25-26)20(29)30-12-17(27)24-13-7-9-14(10-8-13)31-21(22)23/h3-10,21H,2,11-12H2,1H3,(H,24,27). The number of carbonyl (C=O) groups excluding carboxylic acids is 2. The molecule has 1 amide bonds. The van der Waals surface area contributed by atoms with Crippen LogP contribution in [0.4, 0.5) is 14.5 Å². The molecule has 0 saturated heterocycles. The molecule has 0 atom stereocenters. The highest BCUT2D eigenvalue weighted by Crippen LogP contribution is 2.26. The Morgan fingerprint density at radius 1 is 1.13 bits per heavy atom. The second kappa shape index (κ2) is 10.2. The van der Waals surface area contributed by atoms with Gasteiger partial charge in [0.15, 0.2) is 12.3 Å². The summed E-state index contributed by atoms with van der Waals surface area (Å²) in [4.78, 5) is 37.5. The fourth-order valence-electron chi connectivity index (χ4n) is 2.87. The molecule has 0 radical (unpaired) electrons. The van der Waals surface area contributed by atoms with Gasteiger partial charge in [0, 0.05) is 22.5 Å². The number of carbonyl (C=O) groups is 2. The Balaban J connectivity index is 1.69. The summed E-state index contributed by atoms with van der Waals surface area (Å²) in [7, 11) is 0. The summed E-state index contributed by atoms with van der Waals surface area (Å²) in [6.07, 6.45) is 0.650. The summed E-state index contributed by atoms with van der Waals surface area (Å²) in [5, 5.41) is 7.32. The molecule has 1 heterocycles. The third kappa shape index (κ3) is 5.66. The zero-order valence-corrected chi connectivity index (χ0v) is 17.3. The zero-order chi connectivity index (χ0) is 22.4. The van der Waals surface area contributed by atoms with Gasteiger partial charge in [0.05, 0.1) is 5.39 Å². The average Bonchev–Trinajstić information content (AvgIpc) is 2.75. The maximum Gasteiger partial charge on any atom is 0.359 e. The van der Waals surface area contributed by atoms with Gasteiger partial charge in [-0.25, -0.2) is 9.48 Å². The first kappa shape index (κ1) is 22.4. The van der Waals surface area contributed by atoms with E-state index in [0.717, 1.165) is 0 Å². The molecule has 162 valence electrons. The summed E-state index contributed by atoms with van der Waals surface area (Å²) in [5.41, 5.74) is 0.0183. The van der Waals surface area contributed by atoms with Crippen molar-refractivity contribution in [1.29, 1.82) is 0 Å². The molecule has 3 aromatic rings. The number of nitrogens with one attached hydrogen (secondary N) is 1. The van der Waals surface area contributed by atoms with Crippen molar-refractivity contribution in [3.8, 4) is 0 Å². The second-order valence-electron chi connectivity index (χ2n) is 6.45. The van der Waals surface area contributed by atoms with E-state index in [-0.39, 0.29) is 11.3 Å². The Morgan fingerprint density at radius 3 is 2.45 bits per heavy atom. The Bertz CT molecular complexity index is 1150. The first-order chi connectivity index (χ1) is 14.9. The van der Waals surface area contributed by atoms with Gasteiger partial charge in [-0.3, -0.25) is 9.59 Å². The normalized spacial score (nSPS) is 11.0. The lowest BCUT2D eigenvalue weighted by Gasteiger charge is -2.10. The van der Waals surface area contributed by atoms with Crippen LogP contribution in [-0.2, 0) is 16.1 Å². The molecule has 0 bridgehead atoms. The Kier molecular flexibility index (Phi) is 7.35.